The van der Waals surface area contributed by atoms with Crippen molar-refractivity contribution >= 4 is 5.97 Å². The zero-order valence-electron chi connectivity index (χ0n) is 9.19. The Morgan fingerprint density at radius 2 is 2.44 bits per heavy atom. The molecule has 0 saturated carbocycles. The van der Waals surface area contributed by atoms with Gasteiger partial charge in [-0.3, -0.25) is 4.79 Å². The number of hydrogen-bond acceptors (Lipinski definition) is 3. The van der Waals surface area contributed by atoms with Crippen LogP contribution in [-0.4, -0.2) is 24.7 Å². The minimum absolute atomic E-state index is 0.101. The van der Waals surface area contributed by atoms with Crippen LogP contribution < -0.4 is 10.1 Å². The molecule has 4 heteroatoms. The lowest BCUT2D eigenvalue weighted by Crippen LogP contribution is -2.31. The smallest absolute Gasteiger partial charge is 0.305 e. The van der Waals surface area contributed by atoms with Crippen molar-refractivity contribution < 1.29 is 14.6 Å². The van der Waals surface area contributed by atoms with E-state index in [-0.39, 0.29) is 12.5 Å². The lowest BCUT2D eigenvalue weighted by molar-refractivity contribution is -0.137. The summed E-state index contributed by atoms with van der Waals surface area (Å²) in [5, 5.41) is 12.1. The van der Waals surface area contributed by atoms with Crippen molar-refractivity contribution in [3.63, 3.8) is 0 Å². The molecular weight excluding hydrogens is 206 g/mol. The molecule has 16 heavy (non-hydrogen) atoms. The van der Waals surface area contributed by atoms with Gasteiger partial charge in [0, 0.05) is 6.04 Å². The summed E-state index contributed by atoms with van der Waals surface area (Å²) in [4.78, 5) is 10.8. The van der Waals surface area contributed by atoms with Crippen molar-refractivity contribution in [3.8, 4) is 5.75 Å². The minimum Gasteiger partial charge on any atom is -0.497 e. The number of fused-ring (bicyclic) bond motifs is 1. The Morgan fingerprint density at radius 1 is 1.62 bits per heavy atom. The summed E-state index contributed by atoms with van der Waals surface area (Å²) in [7, 11) is 1.62. The highest BCUT2D eigenvalue weighted by molar-refractivity contribution is 5.68. The van der Waals surface area contributed by atoms with Gasteiger partial charge < -0.3 is 15.2 Å². The highest BCUT2D eigenvalue weighted by Crippen LogP contribution is 2.28. The van der Waals surface area contributed by atoms with Crippen LogP contribution in [0.25, 0.3) is 0 Å². The monoisotopic (exact) mass is 221 g/mol. The molecule has 1 aliphatic heterocycles. The molecule has 0 radical (unpaired) electrons. The molecule has 2 rings (SSSR count). The average molecular weight is 221 g/mol. The van der Waals surface area contributed by atoms with E-state index in [2.05, 4.69) is 5.32 Å². The topological polar surface area (TPSA) is 58.6 Å². The van der Waals surface area contributed by atoms with Gasteiger partial charge in [0.1, 0.15) is 5.75 Å². The largest absolute Gasteiger partial charge is 0.497 e. The van der Waals surface area contributed by atoms with Crippen LogP contribution in [0.1, 0.15) is 23.6 Å². The van der Waals surface area contributed by atoms with Crippen LogP contribution >= 0.6 is 0 Å². The van der Waals surface area contributed by atoms with Gasteiger partial charge in [-0.05, 0) is 36.2 Å². The van der Waals surface area contributed by atoms with Gasteiger partial charge in [-0.2, -0.15) is 0 Å². The minimum atomic E-state index is -0.784. The van der Waals surface area contributed by atoms with E-state index in [0.717, 1.165) is 24.3 Å². The van der Waals surface area contributed by atoms with Gasteiger partial charge >= 0.3 is 5.97 Å². The zero-order chi connectivity index (χ0) is 11.5. The zero-order valence-corrected chi connectivity index (χ0v) is 9.19. The maximum atomic E-state index is 10.8. The summed E-state index contributed by atoms with van der Waals surface area (Å²) in [6, 6.07) is 5.76. The van der Waals surface area contributed by atoms with Crippen molar-refractivity contribution in [3.05, 3.63) is 29.3 Å². The first-order valence-corrected chi connectivity index (χ1v) is 5.32. The lowest BCUT2D eigenvalue weighted by Gasteiger charge is -2.26. The summed E-state index contributed by atoms with van der Waals surface area (Å²) in [6.45, 7) is 0.831. The maximum absolute atomic E-state index is 10.8. The van der Waals surface area contributed by atoms with Crippen molar-refractivity contribution in [1.29, 1.82) is 0 Å². The number of nitrogens with one attached hydrogen (secondary N) is 1. The Balaban J connectivity index is 2.31. The molecule has 0 aromatic heterocycles. The van der Waals surface area contributed by atoms with Gasteiger partial charge in [-0.25, -0.2) is 0 Å². The number of carboxylic acid groups (broad SMARTS) is 1. The fourth-order valence-corrected chi connectivity index (χ4v) is 2.10. The predicted octanol–water partition coefficient (Wildman–Crippen LogP) is 1.36. The normalized spacial score (nSPS) is 18.9. The molecular formula is C12H15NO3. The Morgan fingerprint density at radius 3 is 3.12 bits per heavy atom. The molecule has 2 N–H and O–H groups in total. The molecule has 0 fully saturated rings. The molecule has 0 saturated heterocycles. The van der Waals surface area contributed by atoms with Crippen molar-refractivity contribution in [2.45, 2.75) is 18.9 Å². The third kappa shape index (κ3) is 2.17. The summed E-state index contributed by atoms with van der Waals surface area (Å²) in [5.41, 5.74) is 2.26. The highest BCUT2D eigenvalue weighted by atomic mass is 16.5. The van der Waals surface area contributed by atoms with E-state index in [0.29, 0.717) is 0 Å². The molecule has 1 heterocycles. The van der Waals surface area contributed by atoms with Crippen LogP contribution in [-0.2, 0) is 11.2 Å². The second-order valence-electron chi connectivity index (χ2n) is 3.92. The Bertz CT molecular complexity index is 403. The Hall–Kier alpha value is -1.55. The number of carbonyl (C=O) groups is 1. The quantitative estimate of drug-likeness (QED) is 0.809. The summed E-state index contributed by atoms with van der Waals surface area (Å²) in [6.07, 6.45) is 1.05. The Labute approximate surface area is 94.2 Å². The third-order valence-corrected chi connectivity index (χ3v) is 2.89. The number of aliphatic carboxylic acids is 1. The van der Waals surface area contributed by atoms with E-state index in [1.165, 1.54) is 5.56 Å². The van der Waals surface area contributed by atoms with Crippen LogP contribution in [0.15, 0.2) is 18.2 Å². The molecule has 1 atom stereocenters. The maximum Gasteiger partial charge on any atom is 0.305 e. The lowest BCUT2D eigenvalue weighted by atomic mass is 9.92. The van der Waals surface area contributed by atoms with Crippen molar-refractivity contribution in [1.82, 2.24) is 5.32 Å². The van der Waals surface area contributed by atoms with Crippen LogP contribution in [0.4, 0.5) is 0 Å². The summed E-state index contributed by atoms with van der Waals surface area (Å²) < 4.78 is 5.16. The second kappa shape index (κ2) is 4.53. The van der Waals surface area contributed by atoms with E-state index in [1.54, 1.807) is 7.11 Å². The molecule has 1 unspecified atom stereocenters. The van der Waals surface area contributed by atoms with E-state index < -0.39 is 5.97 Å². The number of carboxylic acids is 1. The first-order valence-electron chi connectivity index (χ1n) is 5.32. The molecule has 0 aliphatic carbocycles. The van der Waals surface area contributed by atoms with Crippen LogP contribution in [0, 0.1) is 0 Å². The van der Waals surface area contributed by atoms with E-state index >= 15 is 0 Å². The molecule has 0 bridgehead atoms. The average Bonchev–Trinajstić information content (AvgIpc) is 2.28. The molecule has 4 nitrogen and oxygen atoms in total. The number of rotatable bonds is 3. The van der Waals surface area contributed by atoms with E-state index in [1.807, 2.05) is 18.2 Å². The van der Waals surface area contributed by atoms with E-state index in [4.69, 9.17) is 9.84 Å². The predicted molar refractivity (Wildman–Crippen MR) is 59.7 cm³/mol. The molecule has 0 spiro atoms. The van der Waals surface area contributed by atoms with Gasteiger partial charge in [-0.15, -0.1) is 0 Å². The SMILES string of the molecule is COc1ccc2c(c1)C(CC(=O)O)NCC2. The fraction of sp³-hybridized carbons (Fsp3) is 0.417. The van der Waals surface area contributed by atoms with Gasteiger partial charge in [0.15, 0.2) is 0 Å². The number of benzene rings is 1. The van der Waals surface area contributed by atoms with Crippen molar-refractivity contribution in [2.24, 2.45) is 0 Å². The van der Waals surface area contributed by atoms with Gasteiger partial charge in [0.2, 0.25) is 0 Å². The van der Waals surface area contributed by atoms with Crippen LogP contribution in [0.5, 0.6) is 5.75 Å². The van der Waals surface area contributed by atoms with E-state index in [9.17, 15) is 4.79 Å². The van der Waals surface area contributed by atoms with Crippen LogP contribution in [0.3, 0.4) is 0 Å². The summed E-state index contributed by atoms with van der Waals surface area (Å²) >= 11 is 0. The number of methoxy groups -OCH3 is 1. The molecule has 1 aromatic rings. The molecule has 1 aromatic carbocycles. The van der Waals surface area contributed by atoms with Crippen LogP contribution in [0.2, 0.25) is 0 Å². The first-order chi connectivity index (χ1) is 7.70. The Kier molecular flexibility index (Phi) is 3.10. The molecule has 86 valence electrons. The molecule has 1 aliphatic rings. The highest BCUT2D eigenvalue weighted by Gasteiger charge is 2.22. The van der Waals surface area contributed by atoms with Gasteiger partial charge in [-0.1, -0.05) is 6.07 Å². The number of hydrogen-bond donors (Lipinski definition) is 2. The number of ether oxygens (including phenoxy) is 1. The fourth-order valence-electron chi connectivity index (χ4n) is 2.10. The van der Waals surface area contributed by atoms with Gasteiger partial charge in [0.25, 0.3) is 0 Å². The molecule has 0 amide bonds. The summed E-state index contributed by atoms with van der Waals surface area (Å²) in [5.74, 6) is -0.00833. The standard InChI is InChI=1S/C12H15NO3/c1-16-9-3-2-8-4-5-13-11(7-12(14)15)10(8)6-9/h2-3,6,11,13H,4-5,7H2,1H3,(H,14,15). The first kappa shape index (κ1) is 11.0. The second-order valence-corrected chi connectivity index (χ2v) is 3.92. The van der Waals surface area contributed by atoms with Crippen molar-refractivity contribution in [2.75, 3.05) is 13.7 Å². The van der Waals surface area contributed by atoms with Gasteiger partial charge in [0.05, 0.1) is 13.5 Å². The third-order valence-electron chi connectivity index (χ3n) is 2.89.